The molecule has 3 heterocycles. The van der Waals surface area contributed by atoms with Crippen molar-refractivity contribution in [1.29, 1.82) is 0 Å². The van der Waals surface area contributed by atoms with Gasteiger partial charge in [0.1, 0.15) is 54.8 Å². The molecule has 3 N–H and O–H groups in total. The highest BCUT2D eigenvalue weighted by Gasteiger charge is 2.45. The third-order valence-corrected chi connectivity index (χ3v) is 16.6. The number of carbonyl (C=O) groups is 3. The first-order valence-electron chi connectivity index (χ1n) is 28.7. The van der Waals surface area contributed by atoms with Gasteiger partial charge in [-0.25, -0.2) is 19.4 Å². The number of nitrogens with zero attached hydrogens (tertiary/aromatic N) is 3. The molecular formula is C70H60N6O11. The van der Waals surface area contributed by atoms with Gasteiger partial charge in [0.25, 0.3) is 5.56 Å². The fourth-order valence-corrected chi connectivity index (χ4v) is 12.4. The van der Waals surface area contributed by atoms with E-state index in [1.165, 1.54) is 6.33 Å². The number of H-pyrrole nitrogens is 1. The number of hydrogen-bond donors (Lipinski definition) is 3. The van der Waals surface area contributed by atoms with Crippen molar-refractivity contribution in [2.75, 3.05) is 39.4 Å². The molecular weight excluding hydrogens is 1100 g/mol. The van der Waals surface area contributed by atoms with E-state index in [1.807, 2.05) is 182 Å². The smallest absolute Gasteiger partial charge is 0.414 e. The molecule has 0 radical (unpaired) electrons. The summed E-state index contributed by atoms with van der Waals surface area (Å²) >= 11 is 0. The number of hydrogen-bond acceptors (Lipinski definition) is 13. The molecule has 17 nitrogen and oxygen atoms in total. The van der Waals surface area contributed by atoms with Crippen molar-refractivity contribution in [3.05, 3.63) is 267 Å². The standard InChI is InChI=1S/C70H60N6O11/c1-81-47-33-29-45(30-34-47)70(44-19-7-4-8-20-44,46-31-35-48(82-2)36-32-46)85-41-61-60(87-66(78)59(37-43-17-5-3-6-18-43)72-68(79)83-39-57-53-25-13-9-21-49(53)50-22-10-14-26-54(50)57)38-62(86-61)76-42-71-63-64(76)73-67(74-65(63)77)75-69(80)84-40-58-55-27-15-11-23-51(55)52-24-12-16-28-56(52)58/h3-36,42,57-62H,37-41H2,1-2H3,(H,72,79)(H2,73,74,75,77,80)/t59-,60-,61+,62+/m0/s1. The monoisotopic (exact) mass is 1160 g/mol. The van der Waals surface area contributed by atoms with Crippen LogP contribution in [0.4, 0.5) is 15.5 Å². The minimum atomic E-state index is -1.31. The highest BCUT2D eigenvalue weighted by atomic mass is 16.6. The molecule has 2 aliphatic carbocycles. The number of aromatic nitrogens is 4. The number of esters is 1. The summed E-state index contributed by atoms with van der Waals surface area (Å²) in [5.41, 5.74) is 9.59. The van der Waals surface area contributed by atoms with E-state index in [0.29, 0.717) is 11.5 Å². The number of ether oxygens (including phenoxy) is 7. The number of aromatic amines is 1. The molecule has 1 aliphatic heterocycles. The van der Waals surface area contributed by atoms with Gasteiger partial charge in [-0.1, -0.05) is 182 Å². The first-order chi connectivity index (χ1) is 42.6. The van der Waals surface area contributed by atoms with Crippen LogP contribution >= 0.6 is 0 Å². The lowest BCUT2D eigenvalue weighted by Gasteiger charge is -2.37. The second kappa shape index (κ2) is 24.3. The first kappa shape index (κ1) is 55.8. The van der Waals surface area contributed by atoms with E-state index in [-0.39, 0.29) is 61.6 Å². The van der Waals surface area contributed by atoms with Crippen LogP contribution in [0.3, 0.4) is 0 Å². The van der Waals surface area contributed by atoms with E-state index < -0.39 is 53.8 Å². The Balaban J connectivity index is 0.809. The summed E-state index contributed by atoms with van der Waals surface area (Å²) < 4.78 is 45.5. The molecule has 10 aromatic rings. The van der Waals surface area contributed by atoms with E-state index >= 15 is 4.79 Å². The number of nitrogens with one attached hydrogen (secondary N) is 3. The largest absolute Gasteiger partial charge is 0.497 e. The molecule has 13 rings (SSSR count). The van der Waals surface area contributed by atoms with Crippen LogP contribution in [0, 0.1) is 0 Å². The van der Waals surface area contributed by atoms with Crippen LogP contribution in [0.2, 0.25) is 0 Å². The molecule has 4 atom stereocenters. The predicted octanol–water partition coefficient (Wildman–Crippen LogP) is 11.9. The second-order valence-corrected chi connectivity index (χ2v) is 21.6. The van der Waals surface area contributed by atoms with Crippen molar-refractivity contribution in [3.63, 3.8) is 0 Å². The normalized spacial score (nSPS) is 16.2. The molecule has 8 aromatic carbocycles. The maximum absolute atomic E-state index is 15.1. The highest BCUT2D eigenvalue weighted by molar-refractivity contribution is 5.85. The van der Waals surface area contributed by atoms with Crippen LogP contribution in [0.15, 0.2) is 217 Å². The van der Waals surface area contributed by atoms with Crippen LogP contribution in [0.25, 0.3) is 33.4 Å². The lowest BCUT2D eigenvalue weighted by molar-refractivity contribution is -0.158. The Bertz CT molecular complexity index is 4060. The molecule has 0 spiro atoms. The molecule has 87 heavy (non-hydrogen) atoms. The van der Waals surface area contributed by atoms with E-state index in [0.717, 1.165) is 66.8 Å². The van der Waals surface area contributed by atoms with Crippen LogP contribution in [0.1, 0.15) is 69.0 Å². The summed E-state index contributed by atoms with van der Waals surface area (Å²) in [6, 6.07) is 65.1. The number of carbonyl (C=O) groups excluding carboxylic acids is 3. The van der Waals surface area contributed by atoms with Gasteiger partial charge >= 0.3 is 18.2 Å². The Labute approximate surface area is 500 Å². The third-order valence-electron chi connectivity index (χ3n) is 16.6. The Morgan fingerprint density at radius 2 is 1.09 bits per heavy atom. The van der Waals surface area contributed by atoms with Crippen LogP contribution < -0.4 is 25.7 Å². The van der Waals surface area contributed by atoms with Gasteiger partial charge in [-0.3, -0.25) is 19.7 Å². The Kier molecular flexibility index (Phi) is 15.6. The minimum Gasteiger partial charge on any atom is -0.497 e. The summed E-state index contributed by atoms with van der Waals surface area (Å²) in [7, 11) is 3.20. The van der Waals surface area contributed by atoms with Gasteiger partial charge < -0.3 is 38.5 Å². The third kappa shape index (κ3) is 11.1. The van der Waals surface area contributed by atoms with Crippen molar-refractivity contribution < 1.29 is 47.5 Å². The molecule has 2 aromatic heterocycles. The Hall–Kier alpha value is -10.4. The number of amides is 2. The lowest BCUT2D eigenvalue weighted by Crippen LogP contribution is -2.46. The summed E-state index contributed by atoms with van der Waals surface area (Å²) in [4.78, 5) is 68.3. The van der Waals surface area contributed by atoms with Crippen molar-refractivity contribution in [2.45, 2.75) is 54.8 Å². The average molecular weight is 1160 g/mol. The maximum Gasteiger partial charge on any atom is 0.414 e. The molecule has 0 saturated carbocycles. The summed E-state index contributed by atoms with van der Waals surface area (Å²) in [5, 5.41) is 5.47. The van der Waals surface area contributed by atoms with Gasteiger partial charge in [-0.05, 0) is 91.0 Å². The van der Waals surface area contributed by atoms with Gasteiger partial charge in [0.2, 0.25) is 5.95 Å². The molecule has 3 aliphatic rings. The van der Waals surface area contributed by atoms with Gasteiger partial charge in [0.15, 0.2) is 11.2 Å². The van der Waals surface area contributed by atoms with Crippen LogP contribution in [-0.4, -0.2) is 90.0 Å². The highest BCUT2D eigenvalue weighted by Crippen LogP contribution is 2.47. The van der Waals surface area contributed by atoms with Crippen LogP contribution in [-0.2, 0) is 40.5 Å². The number of anilines is 1. The summed E-state index contributed by atoms with van der Waals surface area (Å²) in [5.74, 6) is -0.109. The zero-order valence-corrected chi connectivity index (χ0v) is 47.5. The van der Waals surface area contributed by atoms with E-state index in [2.05, 4.69) is 49.9 Å². The van der Waals surface area contributed by atoms with E-state index in [9.17, 15) is 14.4 Å². The molecule has 1 fully saturated rings. The number of methoxy groups -OCH3 is 2. The van der Waals surface area contributed by atoms with Gasteiger partial charge in [0, 0.05) is 24.7 Å². The van der Waals surface area contributed by atoms with Gasteiger partial charge in [-0.15, -0.1) is 0 Å². The minimum absolute atomic E-state index is 0.00125. The molecule has 0 bridgehead atoms. The lowest BCUT2D eigenvalue weighted by atomic mass is 9.80. The van der Waals surface area contributed by atoms with Gasteiger partial charge in [0.05, 0.1) is 27.2 Å². The topological polar surface area (TPSA) is 203 Å². The van der Waals surface area contributed by atoms with Crippen LogP contribution in [0.5, 0.6) is 11.5 Å². The van der Waals surface area contributed by atoms with Crippen molar-refractivity contribution >= 4 is 35.3 Å². The number of alkyl carbamates (subject to hydrolysis) is 1. The molecule has 0 unspecified atom stereocenters. The summed E-state index contributed by atoms with van der Waals surface area (Å²) in [6.45, 7) is -0.131. The zero-order valence-electron chi connectivity index (χ0n) is 47.5. The first-order valence-corrected chi connectivity index (χ1v) is 28.7. The maximum atomic E-state index is 15.1. The predicted molar refractivity (Wildman–Crippen MR) is 326 cm³/mol. The molecule has 2 amide bonds. The Morgan fingerprint density at radius 3 is 1.62 bits per heavy atom. The number of fused-ring (bicyclic) bond motifs is 7. The fraction of sp³-hybridized carbons (Fsp3) is 0.200. The van der Waals surface area contributed by atoms with E-state index in [1.54, 1.807) is 18.8 Å². The fourth-order valence-electron chi connectivity index (χ4n) is 12.4. The molecule has 1 saturated heterocycles. The van der Waals surface area contributed by atoms with Crippen molar-refractivity contribution in [1.82, 2.24) is 24.8 Å². The SMILES string of the molecule is COc1ccc(C(OC[C@H]2O[C@@H](n3cnc4c(=O)[nH]c(NC(=O)OCC5c6ccccc6-c6ccccc65)nc43)C[C@@H]2OC(=O)[C@H](Cc2ccccc2)NC(=O)OCC2c3ccccc3-c3ccccc32)(c2ccccc2)c2ccc(OC)cc2)cc1. The zero-order chi connectivity index (χ0) is 59.4. The molecule has 17 heteroatoms. The number of imidazole rings is 1. The number of benzene rings is 8. The van der Waals surface area contributed by atoms with Crippen molar-refractivity contribution in [3.8, 4) is 33.8 Å². The van der Waals surface area contributed by atoms with Gasteiger partial charge in [-0.2, -0.15) is 4.98 Å². The van der Waals surface area contributed by atoms with E-state index in [4.69, 9.17) is 33.2 Å². The van der Waals surface area contributed by atoms with Crippen molar-refractivity contribution in [2.24, 2.45) is 0 Å². The second-order valence-electron chi connectivity index (χ2n) is 21.6. The summed E-state index contributed by atoms with van der Waals surface area (Å²) in [6.07, 6.45) is -3.20. The Morgan fingerprint density at radius 1 is 0.609 bits per heavy atom. The number of rotatable bonds is 19. The average Bonchev–Trinajstić information content (AvgIpc) is 2.40. The quantitative estimate of drug-likeness (QED) is 0.0392. The molecule has 436 valence electrons.